The molecule has 0 fully saturated rings. The summed E-state index contributed by atoms with van der Waals surface area (Å²) in [6, 6.07) is 4.46. The first-order valence-electron chi connectivity index (χ1n) is 4.89. The standard InChI is InChI=1S/C11H15FN2O/c1-8-3-4-10(12)9(7-8)11(15)14-6-2-5-13/h3-4,7H,2,5-6,13H2,1H3,(H,14,15). The Morgan fingerprint density at radius 3 is 2.93 bits per heavy atom. The molecule has 0 spiro atoms. The predicted molar refractivity (Wildman–Crippen MR) is 57.1 cm³/mol. The van der Waals surface area contributed by atoms with Gasteiger partial charge in [-0.05, 0) is 32.0 Å². The van der Waals surface area contributed by atoms with Gasteiger partial charge < -0.3 is 11.1 Å². The van der Waals surface area contributed by atoms with Crippen LogP contribution in [0.25, 0.3) is 0 Å². The van der Waals surface area contributed by atoms with Crippen LogP contribution in [0.2, 0.25) is 0 Å². The fourth-order valence-electron chi connectivity index (χ4n) is 1.21. The molecular weight excluding hydrogens is 195 g/mol. The molecule has 0 heterocycles. The highest BCUT2D eigenvalue weighted by atomic mass is 19.1. The van der Waals surface area contributed by atoms with Crippen molar-refractivity contribution in [2.45, 2.75) is 13.3 Å². The lowest BCUT2D eigenvalue weighted by Crippen LogP contribution is -2.26. The second-order valence-corrected chi connectivity index (χ2v) is 3.38. The fourth-order valence-corrected chi connectivity index (χ4v) is 1.21. The van der Waals surface area contributed by atoms with Crippen LogP contribution < -0.4 is 11.1 Å². The number of aryl methyl sites for hydroxylation is 1. The Kier molecular flexibility index (Phi) is 4.24. The molecule has 0 unspecified atom stereocenters. The monoisotopic (exact) mass is 210 g/mol. The van der Waals surface area contributed by atoms with Gasteiger partial charge in [0.05, 0.1) is 5.56 Å². The van der Waals surface area contributed by atoms with E-state index in [1.54, 1.807) is 6.07 Å². The summed E-state index contributed by atoms with van der Waals surface area (Å²) in [7, 11) is 0. The maximum Gasteiger partial charge on any atom is 0.254 e. The smallest absolute Gasteiger partial charge is 0.254 e. The lowest BCUT2D eigenvalue weighted by molar-refractivity contribution is 0.0949. The van der Waals surface area contributed by atoms with Crippen molar-refractivity contribution in [2.24, 2.45) is 5.73 Å². The first kappa shape index (κ1) is 11.7. The number of benzene rings is 1. The van der Waals surface area contributed by atoms with Gasteiger partial charge in [-0.25, -0.2) is 4.39 Å². The third-order valence-electron chi connectivity index (χ3n) is 2.03. The van der Waals surface area contributed by atoms with E-state index >= 15 is 0 Å². The quantitative estimate of drug-likeness (QED) is 0.734. The van der Waals surface area contributed by atoms with Gasteiger partial charge in [0.25, 0.3) is 5.91 Å². The molecule has 4 heteroatoms. The summed E-state index contributed by atoms with van der Waals surface area (Å²) in [4.78, 5) is 11.5. The van der Waals surface area contributed by atoms with E-state index in [9.17, 15) is 9.18 Å². The molecule has 0 atom stereocenters. The molecule has 0 saturated heterocycles. The van der Waals surface area contributed by atoms with Crippen molar-refractivity contribution in [1.82, 2.24) is 5.32 Å². The van der Waals surface area contributed by atoms with Crippen molar-refractivity contribution in [3.05, 3.63) is 35.1 Å². The highest BCUT2D eigenvalue weighted by Crippen LogP contribution is 2.09. The van der Waals surface area contributed by atoms with Crippen LogP contribution in [-0.4, -0.2) is 19.0 Å². The molecule has 0 saturated carbocycles. The Hall–Kier alpha value is -1.42. The number of carbonyl (C=O) groups is 1. The van der Waals surface area contributed by atoms with Crippen LogP contribution in [0.15, 0.2) is 18.2 Å². The van der Waals surface area contributed by atoms with Crippen LogP contribution in [-0.2, 0) is 0 Å². The van der Waals surface area contributed by atoms with Gasteiger partial charge in [0.15, 0.2) is 0 Å². The highest BCUT2D eigenvalue weighted by molar-refractivity contribution is 5.94. The number of halogens is 1. The topological polar surface area (TPSA) is 55.1 Å². The second-order valence-electron chi connectivity index (χ2n) is 3.38. The first-order chi connectivity index (χ1) is 7.15. The maximum atomic E-state index is 13.2. The van der Waals surface area contributed by atoms with E-state index in [-0.39, 0.29) is 11.5 Å². The third kappa shape index (κ3) is 3.32. The largest absolute Gasteiger partial charge is 0.352 e. The molecule has 0 radical (unpaired) electrons. The van der Waals surface area contributed by atoms with Gasteiger partial charge >= 0.3 is 0 Å². The number of hydrogen-bond donors (Lipinski definition) is 2. The Morgan fingerprint density at radius 2 is 2.27 bits per heavy atom. The van der Waals surface area contributed by atoms with Gasteiger partial charge in [0.1, 0.15) is 5.82 Å². The normalized spacial score (nSPS) is 10.1. The van der Waals surface area contributed by atoms with Crippen molar-refractivity contribution in [3.8, 4) is 0 Å². The predicted octanol–water partition coefficient (Wildman–Crippen LogP) is 1.21. The molecule has 0 aliphatic heterocycles. The van der Waals surface area contributed by atoms with Crippen LogP contribution in [0.1, 0.15) is 22.3 Å². The van der Waals surface area contributed by atoms with Gasteiger partial charge in [-0.15, -0.1) is 0 Å². The molecule has 1 aromatic rings. The zero-order chi connectivity index (χ0) is 11.3. The van der Waals surface area contributed by atoms with E-state index in [4.69, 9.17) is 5.73 Å². The number of rotatable bonds is 4. The lowest BCUT2D eigenvalue weighted by atomic mass is 10.1. The molecule has 0 aromatic heterocycles. The van der Waals surface area contributed by atoms with E-state index < -0.39 is 5.82 Å². The Balaban J connectivity index is 2.68. The summed E-state index contributed by atoms with van der Waals surface area (Å²) in [5.74, 6) is -0.879. The van der Waals surface area contributed by atoms with E-state index in [0.29, 0.717) is 19.5 Å². The zero-order valence-corrected chi connectivity index (χ0v) is 8.72. The van der Waals surface area contributed by atoms with Crippen LogP contribution in [0.5, 0.6) is 0 Å². The van der Waals surface area contributed by atoms with Gasteiger partial charge in [-0.1, -0.05) is 11.6 Å². The maximum absolute atomic E-state index is 13.2. The molecule has 1 rings (SSSR count). The summed E-state index contributed by atoms with van der Waals surface area (Å²) in [5.41, 5.74) is 6.23. The fraction of sp³-hybridized carbons (Fsp3) is 0.364. The van der Waals surface area contributed by atoms with E-state index in [1.165, 1.54) is 12.1 Å². The number of carbonyl (C=O) groups excluding carboxylic acids is 1. The number of nitrogens with one attached hydrogen (secondary N) is 1. The average molecular weight is 210 g/mol. The molecule has 0 bridgehead atoms. The molecule has 1 amide bonds. The number of amides is 1. The van der Waals surface area contributed by atoms with Crippen molar-refractivity contribution in [3.63, 3.8) is 0 Å². The third-order valence-corrected chi connectivity index (χ3v) is 2.03. The Bertz CT molecular complexity index is 352. The van der Waals surface area contributed by atoms with Crippen LogP contribution in [0.3, 0.4) is 0 Å². The van der Waals surface area contributed by atoms with Gasteiger partial charge in [0, 0.05) is 6.54 Å². The Morgan fingerprint density at radius 1 is 1.53 bits per heavy atom. The molecule has 1 aromatic carbocycles. The molecule has 15 heavy (non-hydrogen) atoms. The molecule has 3 nitrogen and oxygen atoms in total. The van der Waals surface area contributed by atoms with Crippen LogP contribution >= 0.6 is 0 Å². The van der Waals surface area contributed by atoms with Gasteiger partial charge in [-0.3, -0.25) is 4.79 Å². The minimum atomic E-state index is -0.495. The molecule has 0 aliphatic rings. The molecule has 3 N–H and O–H groups in total. The van der Waals surface area contributed by atoms with Crippen molar-refractivity contribution in [1.29, 1.82) is 0 Å². The number of hydrogen-bond acceptors (Lipinski definition) is 2. The zero-order valence-electron chi connectivity index (χ0n) is 8.72. The number of nitrogens with two attached hydrogens (primary N) is 1. The lowest BCUT2D eigenvalue weighted by Gasteiger charge is -2.05. The van der Waals surface area contributed by atoms with E-state index in [1.807, 2.05) is 6.92 Å². The van der Waals surface area contributed by atoms with Gasteiger partial charge in [0.2, 0.25) is 0 Å². The van der Waals surface area contributed by atoms with Gasteiger partial charge in [-0.2, -0.15) is 0 Å². The highest BCUT2D eigenvalue weighted by Gasteiger charge is 2.10. The molecule has 0 aliphatic carbocycles. The van der Waals surface area contributed by atoms with Crippen LogP contribution in [0, 0.1) is 12.7 Å². The summed E-state index contributed by atoms with van der Waals surface area (Å²) in [6.07, 6.45) is 0.694. The SMILES string of the molecule is Cc1ccc(F)c(C(=O)NCCCN)c1. The van der Waals surface area contributed by atoms with Crippen molar-refractivity contribution >= 4 is 5.91 Å². The molecule has 82 valence electrons. The van der Waals surface area contributed by atoms with Crippen molar-refractivity contribution in [2.75, 3.05) is 13.1 Å². The summed E-state index contributed by atoms with van der Waals surface area (Å²) < 4.78 is 13.2. The summed E-state index contributed by atoms with van der Waals surface area (Å²) in [5, 5.41) is 2.61. The minimum absolute atomic E-state index is 0.0898. The van der Waals surface area contributed by atoms with Crippen molar-refractivity contribution < 1.29 is 9.18 Å². The summed E-state index contributed by atoms with van der Waals surface area (Å²) >= 11 is 0. The first-order valence-corrected chi connectivity index (χ1v) is 4.89. The Labute approximate surface area is 88.5 Å². The summed E-state index contributed by atoms with van der Waals surface area (Å²) in [6.45, 7) is 2.80. The minimum Gasteiger partial charge on any atom is -0.352 e. The van der Waals surface area contributed by atoms with Crippen LogP contribution in [0.4, 0.5) is 4.39 Å². The second kappa shape index (κ2) is 5.46. The average Bonchev–Trinajstić information content (AvgIpc) is 2.22. The molecular formula is C11H15FN2O. The van der Waals surface area contributed by atoms with E-state index in [0.717, 1.165) is 5.56 Å². The van der Waals surface area contributed by atoms with E-state index in [2.05, 4.69) is 5.32 Å².